The second-order valence-electron chi connectivity index (χ2n) is 4.09. The van der Waals surface area contributed by atoms with Crippen molar-refractivity contribution in [3.63, 3.8) is 0 Å². The van der Waals surface area contributed by atoms with E-state index in [2.05, 4.69) is 24.8 Å². The maximum absolute atomic E-state index is 11.3. The summed E-state index contributed by atoms with van der Waals surface area (Å²) in [5.41, 5.74) is 1.29. The SMILES string of the molecule is CC(C)=CCN1CCCS(=O)(=O)CC1. The summed E-state index contributed by atoms with van der Waals surface area (Å²) in [4.78, 5) is 2.21. The molecule has 0 aromatic carbocycles. The molecule has 0 aliphatic carbocycles. The third-order valence-electron chi connectivity index (χ3n) is 2.41. The zero-order valence-corrected chi connectivity index (χ0v) is 9.81. The average molecular weight is 217 g/mol. The van der Waals surface area contributed by atoms with Crippen molar-refractivity contribution in [2.75, 3.05) is 31.1 Å². The molecule has 0 aromatic heterocycles. The average Bonchev–Trinajstić information content (AvgIpc) is 2.23. The van der Waals surface area contributed by atoms with Gasteiger partial charge < -0.3 is 0 Å². The number of nitrogens with zero attached hydrogens (tertiary/aromatic N) is 1. The molecular formula is C10H19NO2S. The van der Waals surface area contributed by atoms with Crippen LogP contribution in [0.25, 0.3) is 0 Å². The molecule has 0 amide bonds. The summed E-state index contributed by atoms with van der Waals surface area (Å²) in [5.74, 6) is 0.682. The summed E-state index contributed by atoms with van der Waals surface area (Å²) in [7, 11) is -2.75. The first-order chi connectivity index (χ1) is 6.49. The van der Waals surface area contributed by atoms with Crippen LogP contribution >= 0.6 is 0 Å². The summed E-state index contributed by atoms with van der Waals surface area (Å²) in [6.45, 7) is 6.61. The van der Waals surface area contributed by atoms with E-state index in [4.69, 9.17) is 0 Å². The van der Waals surface area contributed by atoms with Gasteiger partial charge in [-0.05, 0) is 26.8 Å². The molecule has 0 spiro atoms. The van der Waals surface area contributed by atoms with Gasteiger partial charge in [0.25, 0.3) is 0 Å². The van der Waals surface area contributed by atoms with Crippen LogP contribution in [0.1, 0.15) is 20.3 Å². The monoisotopic (exact) mass is 217 g/mol. The van der Waals surface area contributed by atoms with Gasteiger partial charge in [-0.15, -0.1) is 0 Å². The van der Waals surface area contributed by atoms with Gasteiger partial charge in [-0.25, -0.2) is 8.42 Å². The lowest BCUT2D eigenvalue weighted by Gasteiger charge is -2.16. The lowest BCUT2D eigenvalue weighted by atomic mass is 10.3. The van der Waals surface area contributed by atoms with Crippen LogP contribution in [0.4, 0.5) is 0 Å². The maximum atomic E-state index is 11.3. The molecule has 4 heteroatoms. The summed E-state index contributed by atoms with van der Waals surface area (Å²) in [6, 6.07) is 0. The zero-order chi connectivity index (χ0) is 10.6. The first kappa shape index (κ1) is 11.7. The van der Waals surface area contributed by atoms with E-state index in [0.29, 0.717) is 18.1 Å². The van der Waals surface area contributed by atoms with Gasteiger partial charge in [-0.1, -0.05) is 11.6 Å². The summed E-state index contributed by atoms with van der Waals surface area (Å²) < 4.78 is 22.6. The molecule has 82 valence electrons. The highest BCUT2D eigenvalue weighted by atomic mass is 32.2. The van der Waals surface area contributed by atoms with Crippen LogP contribution in [0, 0.1) is 0 Å². The lowest BCUT2D eigenvalue weighted by molar-refractivity contribution is 0.326. The predicted molar refractivity (Wildman–Crippen MR) is 59.1 cm³/mol. The van der Waals surface area contributed by atoms with Crippen molar-refractivity contribution in [1.29, 1.82) is 0 Å². The zero-order valence-electron chi connectivity index (χ0n) is 8.99. The Morgan fingerprint density at radius 2 is 2.00 bits per heavy atom. The van der Waals surface area contributed by atoms with Gasteiger partial charge in [0.2, 0.25) is 0 Å². The highest BCUT2D eigenvalue weighted by molar-refractivity contribution is 7.91. The minimum Gasteiger partial charge on any atom is -0.299 e. The Morgan fingerprint density at radius 3 is 2.64 bits per heavy atom. The van der Waals surface area contributed by atoms with Gasteiger partial charge in [-0.3, -0.25) is 4.90 Å². The fourth-order valence-electron chi connectivity index (χ4n) is 1.48. The van der Waals surface area contributed by atoms with Crippen molar-refractivity contribution >= 4 is 9.84 Å². The van der Waals surface area contributed by atoms with E-state index in [1.165, 1.54) is 5.57 Å². The third-order valence-corrected chi connectivity index (χ3v) is 4.12. The van der Waals surface area contributed by atoms with E-state index >= 15 is 0 Å². The fourth-order valence-corrected chi connectivity index (χ4v) is 2.79. The fraction of sp³-hybridized carbons (Fsp3) is 0.800. The van der Waals surface area contributed by atoms with E-state index < -0.39 is 9.84 Å². The molecule has 1 aliphatic rings. The lowest BCUT2D eigenvalue weighted by Crippen LogP contribution is -2.27. The van der Waals surface area contributed by atoms with Crippen molar-refractivity contribution in [3.05, 3.63) is 11.6 Å². The molecule has 0 unspecified atom stereocenters. The Hall–Kier alpha value is -0.350. The van der Waals surface area contributed by atoms with Crippen LogP contribution in [-0.2, 0) is 9.84 Å². The largest absolute Gasteiger partial charge is 0.299 e. The number of hydrogen-bond donors (Lipinski definition) is 0. The molecule has 1 fully saturated rings. The Morgan fingerprint density at radius 1 is 1.29 bits per heavy atom. The normalized spacial score (nSPS) is 22.7. The third kappa shape index (κ3) is 4.24. The second kappa shape index (κ2) is 4.94. The molecule has 0 aromatic rings. The Kier molecular flexibility index (Phi) is 4.13. The van der Waals surface area contributed by atoms with E-state index in [0.717, 1.165) is 19.5 Å². The Balaban J connectivity index is 2.47. The molecule has 1 aliphatic heterocycles. The minimum atomic E-state index is -2.75. The summed E-state index contributed by atoms with van der Waals surface area (Å²) in [6.07, 6.45) is 2.93. The van der Waals surface area contributed by atoms with Crippen LogP contribution < -0.4 is 0 Å². The molecule has 1 heterocycles. The highest BCUT2D eigenvalue weighted by Crippen LogP contribution is 2.05. The van der Waals surface area contributed by atoms with Crippen LogP contribution in [0.2, 0.25) is 0 Å². The first-order valence-electron chi connectivity index (χ1n) is 5.06. The van der Waals surface area contributed by atoms with Crippen molar-refractivity contribution < 1.29 is 8.42 Å². The number of hydrogen-bond acceptors (Lipinski definition) is 3. The van der Waals surface area contributed by atoms with Crippen LogP contribution in [0.15, 0.2) is 11.6 Å². The highest BCUT2D eigenvalue weighted by Gasteiger charge is 2.17. The molecule has 0 radical (unpaired) electrons. The second-order valence-corrected chi connectivity index (χ2v) is 6.39. The smallest absolute Gasteiger partial charge is 0.151 e. The molecule has 14 heavy (non-hydrogen) atoms. The standard InChI is InChI=1S/C10H19NO2S/c1-10(2)4-6-11-5-3-8-14(12,13)9-7-11/h4H,3,5-9H2,1-2H3. The molecular weight excluding hydrogens is 198 g/mol. The van der Waals surface area contributed by atoms with Gasteiger partial charge in [0.15, 0.2) is 9.84 Å². The van der Waals surface area contributed by atoms with Crippen LogP contribution in [0.5, 0.6) is 0 Å². The number of rotatable bonds is 2. The quantitative estimate of drug-likeness (QED) is 0.649. The van der Waals surface area contributed by atoms with Crippen LogP contribution in [0.3, 0.4) is 0 Å². The predicted octanol–water partition coefficient (Wildman–Crippen LogP) is 1.07. The molecule has 1 rings (SSSR count). The van der Waals surface area contributed by atoms with E-state index in [1.807, 2.05) is 0 Å². The van der Waals surface area contributed by atoms with E-state index in [9.17, 15) is 8.42 Å². The number of sulfone groups is 1. The molecule has 0 bridgehead atoms. The van der Waals surface area contributed by atoms with Crippen molar-refractivity contribution in [1.82, 2.24) is 4.90 Å². The molecule has 0 atom stereocenters. The molecule has 0 saturated carbocycles. The van der Waals surface area contributed by atoms with E-state index in [1.54, 1.807) is 0 Å². The van der Waals surface area contributed by atoms with Gasteiger partial charge >= 0.3 is 0 Å². The molecule has 3 nitrogen and oxygen atoms in total. The first-order valence-corrected chi connectivity index (χ1v) is 6.88. The molecule has 1 saturated heterocycles. The van der Waals surface area contributed by atoms with Crippen molar-refractivity contribution in [3.8, 4) is 0 Å². The summed E-state index contributed by atoms with van der Waals surface area (Å²) in [5, 5.41) is 0. The topological polar surface area (TPSA) is 37.4 Å². The number of allylic oxidation sites excluding steroid dienone is 1. The Bertz CT molecular complexity index is 302. The Labute approximate surface area is 86.7 Å². The van der Waals surface area contributed by atoms with Crippen molar-refractivity contribution in [2.45, 2.75) is 20.3 Å². The van der Waals surface area contributed by atoms with Crippen LogP contribution in [-0.4, -0.2) is 44.5 Å². The van der Waals surface area contributed by atoms with Gasteiger partial charge in [0, 0.05) is 13.1 Å². The van der Waals surface area contributed by atoms with Gasteiger partial charge in [-0.2, -0.15) is 0 Å². The summed E-state index contributed by atoms with van der Waals surface area (Å²) >= 11 is 0. The maximum Gasteiger partial charge on any atom is 0.151 e. The minimum absolute atomic E-state index is 0.323. The van der Waals surface area contributed by atoms with Gasteiger partial charge in [0.1, 0.15) is 0 Å². The molecule has 0 N–H and O–H groups in total. The van der Waals surface area contributed by atoms with Crippen molar-refractivity contribution in [2.24, 2.45) is 0 Å². The van der Waals surface area contributed by atoms with E-state index in [-0.39, 0.29) is 0 Å². The van der Waals surface area contributed by atoms with Gasteiger partial charge in [0.05, 0.1) is 11.5 Å².